The Labute approximate surface area is 118 Å². The molecule has 0 bridgehead atoms. The minimum Gasteiger partial charge on any atom is -0.397 e. The highest BCUT2D eigenvalue weighted by atomic mass is 35.5. The summed E-state index contributed by atoms with van der Waals surface area (Å²) in [5.41, 5.74) is 7.37. The van der Waals surface area contributed by atoms with Crippen LogP contribution in [0.1, 0.15) is 0 Å². The van der Waals surface area contributed by atoms with Gasteiger partial charge in [0.1, 0.15) is 0 Å². The summed E-state index contributed by atoms with van der Waals surface area (Å²) >= 11 is 24.1. The van der Waals surface area contributed by atoms with Crippen LogP contribution in [-0.2, 0) is 0 Å². The van der Waals surface area contributed by atoms with Crippen LogP contribution in [0, 0.1) is 0 Å². The summed E-state index contributed by atoms with van der Waals surface area (Å²) in [5.74, 6) is 0. The van der Waals surface area contributed by atoms with E-state index in [2.05, 4.69) is 4.98 Å². The zero-order valence-corrected chi connectivity index (χ0v) is 11.4. The van der Waals surface area contributed by atoms with E-state index in [0.29, 0.717) is 36.9 Å². The third kappa shape index (κ3) is 2.45. The predicted octanol–water partition coefficient (Wildman–Crippen LogP) is 4.94. The molecule has 17 heavy (non-hydrogen) atoms. The smallest absolute Gasteiger partial charge is 0.0687 e. The average Bonchev–Trinajstić information content (AvgIpc) is 2.27. The molecule has 0 radical (unpaired) electrons. The van der Waals surface area contributed by atoms with Gasteiger partial charge in [0.15, 0.2) is 0 Å². The molecule has 0 saturated carbocycles. The number of benzene rings is 1. The van der Waals surface area contributed by atoms with Crippen LogP contribution in [0.5, 0.6) is 0 Å². The maximum atomic E-state index is 6.11. The number of hydrogen-bond donors (Lipinski definition) is 1. The van der Waals surface area contributed by atoms with E-state index in [-0.39, 0.29) is 0 Å². The number of nitrogens with two attached hydrogens (primary N) is 1. The van der Waals surface area contributed by atoms with E-state index in [1.165, 1.54) is 12.3 Å². The SMILES string of the molecule is Nc1cncc(-c2c(Cl)c(Cl)cc(Cl)c2Cl)c1. The normalized spacial score (nSPS) is 10.6. The quantitative estimate of drug-likeness (QED) is 0.757. The molecule has 1 heterocycles. The molecule has 2 nitrogen and oxygen atoms in total. The van der Waals surface area contributed by atoms with Crippen molar-refractivity contribution in [3.63, 3.8) is 0 Å². The first kappa shape index (κ1) is 12.8. The van der Waals surface area contributed by atoms with Crippen LogP contribution in [0.2, 0.25) is 20.1 Å². The van der Waals surface area contributed by atoms with E-state index in [0.717, 1.165) is 0 Å². The first-order chi connectivity index (χ1) is 8.00. The standard InChI is InChI=1S/C11H6Cl4N2/c12-7-2-8(13)11(15)9(10(7)14)5-1-6(16)4-17-3-5/h1-4H,16H2. The van der Waals surface area contributed by atoms with E-state index >= 15 is 0 Å². The maximum absolute atomic E-state index is 6.11. The third-order valence-electron chi connectivity index (χ3n) is 2.16. The Morgan fingerprint density at radius 3 is 2.00 bits per heavy atom. The summed E-state index contributed by atoms with van der Waals surface area (Å²) in [4.78, 5) is 3.97. The molecule has 0 saturated heterocycles. The van der Waals surface area contributed by atoms with Crippen molar-refractivity contribution in [2.45, 2.75) is 0 Å². The Morgan fingerprint density at radius 2 is 1.47 bits per heavy atom. The summed E-state index contributed by atoms with van der Waals surface area (Å²) < 4.78 is 0. The molecule has 1 aromatic carbocycles. The van der Waals surface area contributed by atoms with E-state index in [1.807, 2.05) is 0 Å². The largest absolute Gasteiger partial charge is 0.397 e. The van der Waals surface area contributed by atoms with Crippen molar-refractivity contribution in [3.8, 4) is 11.1 Å². The molecule has 0 atom stereocenters. The number of rotatable bonds is 1. The van der Waals surface area contributed by atoms with Crippen molar-refractivity contribution in [1.29, 1.82) is 0 Å². The van der Waals surface area contributed by atoms with Crippen LogP contribution >= 0.6 is 46.4 Å². The van der Waals surface area contributed by atoms with Gasteiger partial charge in [0, 0.05) is 23.5 Å². The first-order valence-electron chi connectivity index (χ1n) is 4.54. The number of nitrogen functional groups attached to an aromatic ring is 1. The molecule has 0 aliphatic rings. The fourth-order valence-corrected chi connectivity index (χ4v) is 2.45. The molecule has 2 N–H and O–H groups in total. The van der Waals surface area contributed by atoms with Crippen LogP contribution in [-0.4, -0.2) is 4.98 Å². The maximum Gasteiger partial charge on any atom is 0.0687 e. The number of nitrogens with zero attached hydrogens (tertiary/aromatic N) is 1. The number of halogens is 4. The first-order valence-corrected chi connectivity index (χ1v) is 6.05. The molecular formula is C11H6Cl4N2. The average molecular weight is 308 g/mol. The minimum absolute atomic E-state index is 0.327. The van der Waals surface area contributed by atoms with Gasteiger partial charge in [0.2, 0.25) is 0 Å². The number of aromatic nitrogens is 1. The number of anilines is 1. The molecule has 0 amide bonds. The lowest BCUT2D eigenvalue weighted by Crippen LogP contribution is -1.90. The molecule has 0 aliphatic heterocycles. The van der Waals surface area contributed by atoms with Gasteiger partial charge in [-0.25, -0.2) is 0 Å². The van der Waals surface area contributed by atoms with Crippen molar-refractivity contribution < 1.29 is 0 Å². The van der Waals surface area contributed by atoms with Crippen molar-refractivity contribution in [2.24, 2.45) is 0 Å². The second-order valence-electron chi connectivity index (χ2n) is 3.35. The Balaban J connectivity index is 2.75. The predicted molar refractivity (Wildman–Crippen MR) is 74.1 cm³/mol. The summed E-state index contributed by atoms with van der Waals surface area (Å²) in [5, 5.41) is 1.32. The van der Waals surface area contributed by atoms with Gasteiger partial charge in [-0.2, -0.15) is 0 Å². The van der Waals surface area contributed by atoms with Crippen LogP contribution in [0.25, 0.3) is 11.1 Å². The highest BCUT2D eigenvalue weighted by molar-refractivity contribution is 6.50. The van der Waals surface area contributed by atoms with Crippen molar-refractivity contribution in [1.82, 2.24) is 4.98 Å². The zero-order valence-electron chi connectivity index (χ0n) is 8.35. The van der Waals surface area contributed by atoms with Gasteiger partial charge in [-0.15, -0.1) is 0 Å². The minimum atomic E-state index is 0.327. The zero-order chi connectivity index (χ0) is 12.6. The molecule has 0 aliphatic carbocycles. The molecule has 6 heteroatoms. The van der Waals surface area contributed by atoms with Gasteiger partial charge < -0.3 is 5.73 Å². The van der Waals surface area contributed by atoms with Crippen LogP contribution in [0.3, 0.4) is 0 Å². The molecule has 88 valence electrons. The summed E-state index contributed by atoms with van der Waals surface area (Å²) in [6.45, 7) is 0. The van der Waals surface area contributed by atoms with E-state index in [9.17, 15) is 0 Å². The lowest BCUT2D eigenvalue weighted by molar-refractivity contribution is 1.33. The van der Waals surface area contributed by atoms with E-state index in [4.69, 9.17) is 52.1 Å². The van der Waals surface area contributed by atoms with Crippen LogP contribution in [0.4, 0.5) is 5.69 Å². The van der Waals surface area contributed by atoms with Gasteiger partial charge >= 0.3 is 0 Å². The highest BCUT2D eigenvalue weighted by Gasteiger charge is 2.15. The topological polar surface area (TPSA) is 38.9 Å². The molecule has 0 unspecified atom stereocenters. The number of pyridine rings is 1. The monoisotopic (exact) mass is 306 g/mol. The summed E-state index contributed by atoms with van der Waals surface area (Å²) in [7, 11) is 0. The van der Waals surface area contributed by atoms with Crippen molar-refractivity contribution in [2.75, 3.05) is 5.73 Å². The fourth-order valence-electron chi connectivity index (χ4n) is 1.42. The Bertz CT molecular complexity index is 558. The van der Waals surface area contributed by atoms with Gasteiger partial charge in [-0.05, 0) is 12.1 Å². The van der Waals surface area contributed by atoms with Gasteiger partial charge in [0.05, 0.1) is 25.8 Å². The fraction of sp³-hybridized carbons (Fsp3) is 0. The molecule has 2 rings (SSSR count). The molecule has 0 fully saturated rings. The lowest BCUT2D eigenvalue weighted by atomic mass is 10.1. The Morgan fingerprint density at radius 1 is 0.882 bits per heavy atom. The van der Waals surface area contributed by atoms with Crippen molar-refractivity contribution >= 4 is 52.1 Å². The van der Waals surface area contributed by atoms with E-state index in [1.54, 1.807) is 12.3 Å². The van der Waals surface area contributed by atoms with Gasteiger partial charge in [-0.3, -0.25) is 4.98 Å². The molecular weight excluding hydrogens is 302 g/mol. The van der Waals surface area contributed by atoms with Crippen molar-refractivity contribution in [3.05, 3.63) is 44.6 Å². The van der Waals surface area contributed by atoms with Gasteiger partial charge in [-0.1, -0.05) is 46.4 Å². The third-order valence-corrected chi connectivity index (χ3v) is 3.73. The molecule has 2 aromatic rings. The van der Waals surface area contributed by atoms with Gasteiger partial charge in [0.25, 0.3) is 0 Å². The Hall–Kier alpha value is -0.670. The summed E-state index contributed by atoms with van der Waals surface area (Å²) in [6, 6.07) is 3.20. The highest BCUT2D eigenvalue weighted by Crippen LogP contribution is 2.43. The second kappa shape index (κ2) is 4.91. The second-order valence-corrected chi connectivity index (χ2v) is 4.92. The van der Waals surface area contributed by atoms with Crippen LogP contribution in [0.15, 0.2) is 24.5 Å². The lowest BCUT2D eigenvalue weighted by Gasteiger charge is -2.10. The molecule has 0 spiro atoms. The molecule has 1 aromatic heterocycles. The Kier molecular flexibility index (Phi) is 3.69. The number of hydrogen-bond acceptors (Lipinski definition) is 2. The summed E-state index contributed by atoms with van der Waals surface area (Å²) in [6.07, 6.45) is 3.12. The van der Waals surface area contributed by atoms with Crippen LogP contribution < -0.4 is 5.73 Å². The van der Waals surface area contributed by atoms with E-state index < -0.39 is 0 Å².